The maximum Gasteiger partial charge on any atom is 0.183 e. The number of ketones is 1. The molecule has 0 unspecified atom stereocenters. The van der Waals surface area contributed by atoms with Crippen LogP contribution < -0.4 is 0 Å². The third-order valence-electron chi connectivity index (χ3n) is 2.60. The summed E-state index contributed by atoms with van der Waals surface area (Å²) in [6, 6.07) is 0. The molecule has 0 saturated heterocycles. The fourth-order valence-electron chi connectivity index (χ4n) is 1.55. The van der Waals surface area contributed by atoms with E-state index in [0.717, 1.165) is 24.1 Å². The van der Waals surface area contributed by atoms with E-state index in [1.807, 2.05) is 33.1 Å². The lowest BCUT2D eigenvalue weighted by molar-refractivity contribution is 0.0960. The van der Waals surface area contributed by atoms with Gasteiger partial charge in [0.1, 0.15) is 5.69 Å². The molecule has 1 aromatic heterocycles. The molecule has 0 fully saturated rings. The normalized spacial score (nSPS) is 11.5. The maximum absolute atomic E-state index is 12.2. The highest BCUT2D eigenvalue weighted by molar-refractivity contribution is 9.10. The SMILES string of the molecule is CN(C)CCC(=O)c1c(Br)cnn1CCN(C)C. The smallest absolute Gasteiger partial charge is 0.183 e. The number of carbonyl (C=O) groups excluding carboxylic acids is 1. The van der Waals surface area contributed by atoms with Crippen molar-refractivity contribution in [2.24, 2.45) is 0 Å². The van der Waals surface area contributed by atoms with Crippen molar-refractivity contribution in [1.29, 1.82) is 0 Å². The summed E-state index contributed by atoms with van der Waals surface area (Å²) in [7, 11) is 7.94. The zero-order valence-electron chi connectivity index (χ0n) is 11.5. The van der Waals surface area contributed by atoms with E-state index in [0.29, 0.717) is 12.1 Å². The molecule has 0 radical (unpaired) electrons. The van der Waals surface area contributed by atoms with Gasteiger partial charge in [-0.25, -0.2) is 0 Å². The zero-order valence-corrected chi connectivity index (χ0v) is 13.1. The van der Waals surface area contributed by atoms with Gasteiger partial charge in [0.2, 0.25) is 0 Å². The summed E-state index contributed by atoms with van der Waals surface area (Å²) in [4.78, 5) is 16.2. The summed E-state index contributed by atoms with van der Waals surface area (Å²) < 4.78 is 2.56. The second kappa shape index (κ2) is 7.01. The van der Waals surface area contributed by atoms with Crippen LogP contribution in [0, 0.1) is 0 Å². The molecule has 0 saturated carbocycles. The number of Topliss-reactive ketones (excluding diaryl/α,β-unsaturated/α-hetero) is 1. The lowest BCUT2D eigenvalue weighted by Crippen LogP contribution is -2.23. The highest BCUT2D eigenvalue weighted by Crippen LogP contribution is 2.17. The molecule has 6 heteroatoms. The first kappa shape index (κ1) is 15.3. The standard InChI is InChI=1S/C12H21BrN4O/c1-15(2)6-5-11(18)12-10(13)9-14-17(12)8-7-16(3)4/h9H,5-8H2,1-4H3. The Balaban J connectivity index is 2.73. The average molecular weight is 317 g/mol. The Hall–Kier alpha value is -0.720. The molecule has 0 aliphatic rings. The number of hydrogen-bond donors (Lipinski definition) is 0. The van der Waals surface area contributed by atoms with E-state index in [1.54, 1.807) is 10.9 Å². The van der Waals surface area contributed by atoms with E-state index in [9.17, 15) is 4.79 Å². The van der Waals surface area contributed by atoms with Crippen LogP contribution in [0.2, 0.25) is 0 Å². The highest BCUT2D eigenvalue weighted by Gasteiger charge is 2.17. The first-order valence-electron chi connectivity index (χ1n) is 5.95. The lowest BCUT2D eigenvalue weighted by atomic mass is 10.2. The van der Waals surface area contributed by atoms with E-state index in [2.05, 4.69) is 25.9 Å². The van der Waals surface area contributed by atoms with Gasteiger partial charge >= 0.3 is 0 Å². The Labute approximate surface area is 117 Å². The summed E-state index contributed by atoms with van der Waals surface area (Å²) in [5, 5.41) is 4.24. The maximum atomic E-state index is 12.2. The van der Waals surface area contributed by atoms with Gasteiger partial charge in [-0.15, -0.1) is 0 Å². The fraction of sp³-hybridized carbons (Fsp3) is 0.667. The van der Waals surface area contributed by atoms with Crippen LogP contribution >= 0.6 is 15.9 Å². The van der Waals surface area contributed by atoms with Crippen LogP contribution in [0.25, 0.3) is 0 Å². The molecule has 1 rings (SSSR count). The van der Waals surface area contributed by atoms with Gasteiger partial charge in [-0.3, -0.25) is 9.48 Å². The van der Waals surface area contributed by atoms with Crippen LogP contribution in [0.3, 0.4) is 0 Å². The number of aromatic nitrogens is 2. The number of hydrogen-bond acceptors (Lipinski definition) is 4. The predicted octanol–water partition coefficient (Wildman–Crippen LogP) is 1.34. The van der Waals surface area contributed by atoms with Crippen LogP contribution in [-0.2, 0) is 6.54 Å². The first-order chi connectivity index (χ1) is 8.41. The first-order valence-corrected chi connectivity index (χ1v) is 6.75. The third-order valence-corrected chi connectivity index (χ3v) is 3.18. The van der Waals surface area contributed by atoms with Crippen LogP contribution in [0.15, 0.2) is 10.7 Å². The average Bonchev–Trinajstić information content (AvgIpc) is 2.64. The second-order valence-electron chi connectivity index (χ2n) is 4.84. The molecule has 1 aromatic rings. The monoisotopic (exact) mass is 316 g/mol. The van der Waals surface area contributed by atoms with Crippen LogP contribution in [0.4, 0.5) is 0 Å². The fourth-order valence-corrected chi connectivity index (χ4v) is 2.06. The topological polar surface area (TPSA) is 41.4 Å². The molecule has 5 nitrogen and oxygen atoms in total. The van der Waals surface area contributed by atoms with Crippen molar-refractivity contribution in [2.45, 2.75) is 13.0 Å². The summed E-state index contributed by atoms with van der Waals surface area (Å²) >= 11 is 3.40. The number of halogens is 1. The third kappa shape index (κ3) is 4.51. The van der Waals surface area contributed by atoms with Gasteiger partial charge in [-0.1, -0.05) is 0 Å². The molecule has 102 valence electrons. The summed E-state index contributed by atoms with van der Waals surface area (Å²) in [5.41, 5.74) is 0.679. The van der Waals surface area contributed by atoms with Crippen molar-refractivity contribution in [3.05, 3.63) is 16.4 Å². The van der Waals surface area contributed by atoms with Crippen molar-refractivity contribution in [1.82, 2.24) is 19.6 Å². The zero-order chi connectivity index (χ0) is 13.7. The quantitative estimate of drug-likeness (QED) is 0.712. The minimum atomic E-state index is 0.131. The number of likely N-dealkylation sites (N-methyl/N-ethyl adjacent to an activating group) is 1. The van der Waals surface area contributed by atoms with Crippen LogP contribution in [-0.4, -0.2) is 66.6 Å². The molecule has 0 aliphatic carbocycles. The lowest BCUT2D eigenvalue weighted by Gasteiger charge is -2.13. The van der Waals surface area contributed by atoms with Gasteiger partial charge in [-0.2, -0.15) is 5.10 Å². The van der Waals surface area contributed by atoms with E-state index < -0.39 is 0 Å². The molecule has 0 atom stereocenters. The van der Waals surface area contributed by atoms with Crippen molar-refractivity contribution < 1.29 is 4.79 Å². The van der Waals surface area contributed by atoms with Gasteiger partial charge in [0.05, 0.1) is 17.2 Å². The highest BCUT2D eigenvalue weighted by atomic mass is 79.9. The molecule has 0 spiro atoms. The number of rotatable bonds is 7. The molecular formula is C12H21BrN4O. The summed E-state index contributed by atoms with van der Waals surface area (Å²) in [6.07, 6.45) is 2.21. The Morgan fingerprint density at radius 3 is 2.44 bits per heavy atom. The van der Waals surface area contributed by atoms with Crippen molar-refractivity contribution >= 4 is 21.7 Å². The Kier molecular flexibility index (Phi) is 5.98. The van der Waals surface area contributed by atoms with E-state index >= 15 is 0 Å². The molecule has 0 aliphatic heterocycles. The second-order valence-corrected chi connectivity index (χ2v) is 5.70. The molecule has 0 bridgehead atoms. The molecule has 0 amide bonds. The summed E-state index contributed by atoms with van der Waals surface area (Å²) in [5.74, 6) is 0.131. The number of carbonyl (C=O) groups is 1. The number of nitrogens with zero attached hydrogens (tertiary/aromatic N) is 4. The van der Waals surface area contributed by atoms with Gasteiger partial charge < -0.3 is 9.80 Å². The molecule has 1 heterocycles. The van der Waals surface area contributed by atoms with Gasteiger partial charge in [0, 0.05) is 19.5 Å². The molecule has 0 aromatic carbocycles. The van der Waals surface area contributed by atoms with Crippen molar-refractivity contribution in [2.75, 3.05) is 41.3 Å². The Morgan fingerprint density at radius 1 is 1.28 bits per heavy atom. The largest absolute Gasteiger partial charge is 0.309 e. The van der Waals surface area contributed by atoms with Gasteiger partial charge in [0.25, 0.3) is 0 Å². The summed E-state index contributed by atoms with van der Waals surface area (Å²) in [6.45, 7) is 2.34. The Bertz CT molecular complexity index is 401. The van der Waals surface area contributed by atoms with Gasteiger partial charge in [0.15, 0.2) is 5.78 Å². The predicted molar refractivity (Wildman–Crippen MR) is 76.0 cm³/mol. The van der Waals surface area contributed by atoms with Crippen LogP contribution in [0.5, 0.6) is 0 Å². The minimum absolute atomic E-state index is 0.131. The van der Waals surface area contributed by atoms with Gasteiger partial charge in [-0.05, 0) is 44.1 Å². The Morgan fingerprint density at radius 2 is 1.89 bits per heavy atom. The van der Waals surface area contributed by atoms with Crippen molar-refractivity contribution in [3.8, 4) is 0 Å². The van der Waals surface area contributed by atoms with E-state index in [1.165, 1.54) is 0 Å². The molecular weight excluding hydrogens is 296 g/mol. The van der Waals surface area contributed by atoms with Crippen molar-refractivity contribution in [3.63, 3.8) is 0 Å². The van der Waals surface area contributed by atoms with E-state index in [4.69, 9.17) is 0 Å². The van der Waals surface area contributed by atoms with E-state index in [-0.39, 0.29) is 5.78 Å². The minimum Gasteiger partial charge on any atom is -0.309 e. The molecule has 18 heavy (non-hydrogen) atoms. The molecule has 0 N–H and O–H groups in total. The van der Waals surface area contributed by atoms with Crippen LogP contribution in [0.1, 0.15) is 16.9 Å².